The van der Waals surface area contributed by atoms with Crippen LogP contribution in [0.2, 0.25) is 0 Å². The molecule has 0 atom stereocenters. The molecule has 0 fully saturated rings. The first-order valence-electron chi connectivity index (χ1n) is 3.15. The Bertz CT molecular complexity index is 357. The summed E-state index contributed by atoms with van der Waals surface area (Å²) in [6.45, 7) is 1.99. The molecule has 4 nitrogen and oxygen atoms in total. The van der Waals surface area contributed by atoms with Crippen LogP contribution in [0.4, 0.5) is 0 Å². The maximum atomic E-state index is 10.8. The molecule has 0 aliphatic heterocycles. The van der Waals surface area contributed by atoms with Crippen molar-refractivity contribution in [3.63, 3.8) is 0 Å². The van der Waals surface area contributed by atoms with Gasteiger partial charge in [-0.05, 0) is 5.75 Å². The molecule has 0 aromatic carbocycles. The summed E-state index contributed by atoms with van der Waals surface area (Å²) in [5.74, 6) is 0.895. The summed E-state index contributed by atoms with van der Waals surface area (Å²) in [4.78, 5) is 3.69. The van der Waals surface area contributed by atoms with Gasteiger partial charge in [0.25, 0.3) is 10.0 Å². The number of primary sulfonamides is 1. The molecule has 7 heteroatoms. The molecule has 0 aliphatic carbocycles. The van der Waals surface area contributed by atoms with Gasteiger partial charge in [-0.15, -0.1) is 11.8 Å². The van der Waals surface area contributed by atoms with Gasteiger partial charge in [-0.25, -0.2) is 18.5 Å². The molecule has 1 heterocycles. The van der Waals surface area contributed by atoms with Crippen molar-refractivity contribution in [2.75, 3.05) is 5.75 Å². The van der Waals surface area contributed by atoms with E-state index in [2.05, 4.69) is 4.98 Å². The highest BCUT2D eigenvalue weighted by molar-refractivity contribution is 8.01. The maximum Gasteiger partial charge on any atom is 0.265 e. The second-order valence-corrected chi connectivity index (χ2v) is 6.25. The minimum atomic E-state index is -3.61. The summed E-state index contributed by atoms with van der Waals surface area (Å²) in [5, 5.41) is 4.88. The summed E-state index contributed by atoms with van der Waals surface area (Å²) in [5.41, 5.74) is 0. The molecule has 0 unspecified atom stereocenters. The van der Waals surface area contributed by atoms with E-state index in [9.17, 15) is 8.42 Å². The lowest BCUT2D eigenvalue weighted by Gasteiger charge is -1.88. The standard InChI is InChI=1S/C5H8N2O2S3/c1-2-10-4-3-7-5(11-4)12(6,8)9/h3H,2H2,1H3,(H2,6,8,9). The summed E-state index contributed by atoms with van der Waals surface area (Å²) < 4.78 is 22.4. The topological polar surface area (TPSA) is 73.0 Å². The van der Waals surface area contributed by atoms with Crippen LogP contribution in [0.15, 0.2) is 14.7 Å². The van der Waals surface area contributed by atoms with Crippen LogP contribution in [-0.4, -0.2) is 19.2 Å². The van der Waals surface area contributed by atoms with Crippen LogP contribution in [0, 0.1) is 0 Å². The van der Waals surface area contributed by atoms with Gasteiger partial charge in [-0.3, -0.25) is 0 Å². The molecule has 0 radical (unpaired) electrons. The summed E-state index contributed by atoms with van der Waals surface area (Å²) in [6.07, 6.45) is 1.53. The first kappa shape index (κ1) is 9.97. The van der Waals surface area contributed by atoms with Gasteiger partial charge in [-0.2, -0.15) is 0 Å². The third kappa shape index (κ3) is 2.44. The second-order valence-electron chi connectivity index (χ2n) is 1.92. The summed E-state index contributed by atoms with van der Waals surface area (Å²) >= 11 is 2.65. The molecule has 0 saturated heterocycles. The fourth-order valence-electron chi connectivity index (χ4n) is 0.585. The van der Waals surface area contributed by atoms with Crippen LogP contribution in [0.5, 0.6) is 0 Å². The second kappa shape index (κ2) is 3.73. The number of nitrogens with zero attached hydrogens (tertiary/aromatic N) is 1. The van der Waals surface area contributed by atoms with Crippen molar-refractivity contribution in [3.8, 4) is 0 Å². The lowest BCUT2D eigenvalue weighted by atomic mass is 11.0. The number of nitrogens with two attached hydrogens (primary N) is 1. The highest BCUT2D eigenvalue weighted by atomic mass is 32.3. The Morgan fingerprint density at radius 3 is 2.83 bits per heavy atom. The Morgan fingerprint density at radius 1 is 1.75 bits per heavy atom. The van der Waals surface area contributed by atoms with E-state index in [-0.39, 0.29) is 4.34 Å². The Morgan fingerprint density at radius 2 is 2.42 bits per heavy atom. The van der Waals surface area contributed by atoms with Gasteiger partial charge in [0.2, 0.25) is 4.34 Å². The van der Waals surface area contributed by atoms with E-state index in [0.29, 0.717) is 0 Å². The molecule has 0 bridgehead atoms. The monoisotopic (exact) mass is 224 g/mol. The predicted octanol–water partition coefficient (Wildman–Crippen LogP) is 0.903. The lowest BCUT2D eigenvalue weighted by Crippen LogP contribution is -2.11. The van der Waals surface area contributed by atoms with Crippen LogP contribution in [0.25, 0.3) is 0 Å². The molecular weight excluding hydrogens is 216 g/mol. The van der Waals surface area contributed by atoms with Crippen LogP contribution < -0.4 is 5.14 Å². The normalized spacial score (nSPS) is 11.8. The number of hydrogen-bond acceptors (Lipinski definition) is 5. The van der Waals surface area contributed by atoms with Crippen molar-refractivity contribution in [2.24, 2.45) is 5.14 Å². The zero-order valence-electron chi connectivity index (χ0n) is 6.35. The molecule has 0 saturated carbocycles. The Hall–Kier alpha value is -0.110. The summed E-state index contributed by atoms with van der Waals surface area (Å²) in [6, 6.07) is 0. The zero-order chi connectivity index (χ0) is 9.19. The molecule has 68 valence electrons. The van der Waals surface area contributed by atoms with Crippen molar-refractivity contribution >= 4 is 33.1 Å². The van der Waals surface area contributed by atoms with Crippen molar-refractivity contribution < 1.29 is 8.42 Å². The number of hydrogen-bond donors (Lipinski definition) is 1. The average molecular weight is 224 g/mol. The SMILES string of the molecule is CCSc1cnc(S(N)(=O)=O)s1. The minimum absolute atomic E-state index is 0.0153. The molecule has 0 aliphatic rings. The minimum Gasteiger partial charge on any atom is -0.231 e. The summed E-state index contributed by atoms with van der Waals surface area (Å²) in [7, 11) is -3.61. The number of rotatable bonds is 3. The first-order valence-corrected chi connectivity index (χ1v) is 6.50. The number of thioether (sulfide) groups is 1. The van der Waals surface area contributed by atoms with E-state index in [1.165, 1.54) is 6.20 Å². The van der Waals surface area contributed by atoms with E-state index < -0.39 is 10.0 Å². The highest BCUT2D eigenvalue weighted by Gasteiger charge is 2.12. The van der Waals surface area contributed by atoms with Crippen molar-refractivity contribution in [1.82, 2.24) is 4.98 Å². The lowest BCUT2D eigenvalue weighted by molar-refractivity contribution is 0.597. The third-order valence-corrected chi connectivity index (χ3v) is 4.40. The Labute approximate surface area is 79.2 Å². The maximum absolute atomic E-state index is 10.8. The molecule has 1 aromatic rings. The largest absolute Gasteiger partial charge is 0.265 e. The van der Waals surface area contributed by atoms with E-state index in [1.807, 2.05) is 6.92 Å². The van der Waals surface area contributed by atoms with Gasteiger partial charge in [0.1, 0.15) is 0 Å². The zero-order valence-corrected chi connectivity index (χ0v) is 8.80. The van der Waals surface area contributed by atoms with Crippen molar-refractivity contribution in [2.45, 2.75) is 15.5 Å². The highest BCUT2D eigenvalue weighted by Crippen LogP contribution is 2.26. The van der Waals surface area contributed by atoms with Crippen LogP contribution in [0.1, 0.15) is 6.92 Å². The number of aromatic nitrogens is 1. The molecular formula is C5H8N2O2S3. The predicted molar refractivity (Wildman–Crippen MR) is 49.9 cm³/mol. The Balaban J connectivity index is 2.92. The number of thiazole rings is 1. The quantitative estimate of drug-likeness (QED) is 0.774. The van der Waals surface area contributed by atoms with E-state index >= 15 is 0 Å². The first-order chi connectivity index (χ1) is 5.54. The van der Waals surface area contributed by atoms with E-state index in [0.717, 1.165) is 21.3 Å². The number of sulfonamides is 1. The van der Waals surface area contributed by atoms with E-state index in [1.54, 1.807) is 11.8 Å². The van der Waals surface area contributed by atoms with Gasteiger partial charge < -0.3 is 0 Å². The average Bonchev–Trinajstić information content (AvgIpc) is 2.35. The van der Waals surface area contributed by atoms with Crippen LogP contribution >= 0.6 is 23.1 Å². The van der Waals surface area contributed by atoms with E-state index in [4.69, 9.17) is 5.14 Å². The molecule has 1 aromatic heterocycles. The van der Waals surface area contributed by atoms with Gasteiger partial charge in [0.15, 0.2) is 0 Å². The van der Waals surface area contributed by atoms with Crippen molar-refractivity contribution in [1.29, 1.82) is 0 Å². The molecule has 0 amide bonds. The smallest absolute Gasteiger partial charge is 0.231 e. The fourth-order valence-corrected chi connectivity index (χ4v) is 3.30. The fraction of sp³-hybridized carbons (Fsp3) is 0.400. The third-order valence-electron chi connectivity index (χ3n) is 0.993. The van der Waals surface area contributed by atoms with Gasteiger partial charge in [-0.1, -0.05) is 18.3 Å². The molecule has 2 N–H and O–H groups in total. The molecule has 0 spiro atoms. The van der Waals surface area contributed by atoms with Gasteiger partial charge in [0.05, 0.1) is 10.4 Å². The Kier molecular flexibility index (Phi) is 3.10. The van der Waals surface area contributed by atoms with Crippen LogP contribution in [-0.2, 0) is 10.0 Å². The van der Waals surface area contributed by atoms with Gasteiger partial charge in [0, 0.05) is 0 Å². The van der Waals surface area contributed by atoms with Gasteiger partial charge >= 0.3 is 0 Å². The van der Waals surface area contributed by atoms with Crippen LogP contribution in [0.3, 0.4) is 0 Å². The van der Waals surface area contributed by atoms with Crippen molar-refractivity contribution in [3.05, 3.63) is 6.20 Å². The molecule has 1 rings (SSSR count). The molecule has 12 heavy (non-hydrogen) atoms.